The Labute approximate surface area is 352 Å². The number of ether oxygens (including phenoxy) is 1. The molecule has 4 aliphatic rings. The molecule has 11 heteroatoms. The van der Waals surface area contributed by atoms with Gasteiger partial charge in [0.25, 0.3) is 0 Å². The number of aromatic nitrogens is 4. The molecule has 5 aromatic rings. The molecule has 3 N–H and O–H groups in total. The number of nitrogens with one attached hydrogen (secondary N) is 3. The summed E-state index contributed by atoms with van der Waals surface area (Å²) < 4.78 is 4.87. The number of carbonyl (C=O) groups excluding carboxylic acids is 3. The van der Waals surface area contributed by atoms with Crippen LogP contribution in [-0.4, -0.2) is 73.9 Å². The first-order chi connectivity index (χ1) is 28.8. The Morgan fingerprint density at radius 2 is 1.33 bits per heavy atom. The smallest absolute Gasteiger partial charge is 0.407 e. The molecular formula is C49H55N7O4. The maximum atomic E-state index is 14.2. The van der Waals surface area contributed by atoms with Crippen LogP contribution in [0.15, 0.2) is 72.8 Å². The van der Waals surface area contributed by atoms with Gasteiger partial charge in [-0.15, -0.1) is 0 Å². The molecule has 11 nitrogen and oxygen atoms in total. The van der Waals surface area contributed by atoms with Gasteiger partial charge in [-0.2, -0.15) is 0 Å². The van der Waals surface area contributed by atoms with E-state index in [0.29, 0.717) is 6.54 Å². The van der Waals surface area contributed by atoms with Gasteiger partial charge in [0.2, 0.25) is 11.8 Å². The molecule has 60 heavy (non-hydrogen) atoms. The van der Waals surface area contributed by atoms with E-state index in [4.69, 9.17) is 14.7 Å². The zero-order valence-corrected chi connectivity index (χ0v) is 35.5. The van der Waals surface area contributed by atoms with E-state index in [1.807, 2.05) is 74.2 Å². The minimum atomic E-state index is -0.711. The average molecular weight is 806 g/mol. The summed E-state index contributed by atoms with van der Waals surface area (Å²) in [5, 5.41) is 2.78. The number of benzene rings is 3. The zero-order chi connectivity index (χ0) is 41.9. The van der Waals surface area contributed by atoms with Gasteiger partial charge in [0.05, 0.1) is 41.6 Å². The third-order valence-electron chi connectivity index (χ3n) is 13.7. The number of hydrogen-bond donors (Lipinski definition) is 3. The van der Waals surface area contributed by atoms with Gasteiger partial charge in [0, 0.05) is 41.3 Å². The fourth-order valence-corrected chi connectivity index (χ4v) is 9.26. The molecule has 2 aliphatic heterocycles. The Kier molecular flexibility index (Phi) is 10.1. The lowest BCUT2D eigenvalue weighted by molar-refractivity contribution is -0.137. The SMILES string of the molecule is COC(=O)N[C@H](C(=O)N1CC2(CC2)C[C@H]1c1nc(-c2ccccc2)c(-c2ccc(C#Cc3ccc4nc([C@@H]5CC6(CC6)CN5C(=O)[C@@H](C)C(C)C)[nH]c4c3)cc2)[nH]1)C(C)C. The van der Waals surface area contributed by atoms with Crippen LogP contribution in [0.5, 0.6) is 0 Å². The van der Waals surface area contributed by atoms with Gasteiger partial charge >= 0.3 is 6.09 Å². The van der Waals surface area contributed by atoms with Gasteiger partial charge in [-0.05, 0) is 91.5 Å². The zero-order valence-electron chi connectivity index (χ0n) is 35.5. The Morgan fingerprint density at radius 1 is 0.733 bits per heavy atom. The van der Waals surface area contributed by atoms with E-state index >= 15 is 0 Å². The monoisotopic (exact) mass is 805 g/mol. The van der Waals surface area contributed by atoms with Crippen LogP contribution in [0, 0.1) is 40.4 Å². The van der Waals surface area contributed by atoms with Crippen molar-refractivity contribution in [2.75, 3.05) is 20.2 Å². The van der Waals surface area contributed by atoms with Crippen molar-refractivity contribution in [3.8, 4) is 34.4 Å². The molecule has 2 aliphatic carbocycles. The van der Waals surface area contributed by atoms with Crippen LogP contribution in [0.1, 0.15) is 108 Å². The molecule has 2 saturated carbocycles. The maximum Gasteiger partial charge on any atom is 0.407 e. The van der Waals surface area contributed by atoms with Crippen molar-refractivity contribution >= 4 is 28.9 Å². The molecule has 4 atom stereocenters. The number of rotatable bonds is 9. The lowest BCUT2D eigenvalue weighted by atomic mass is 9.96. The number of carbonyl (C=O) groups is 3. The third kappa shape index (κ3) is 7.57. The normalized spacial score (nSPS) is 20.7. The van der Waals surface area contributed by atoms with Crippen LogP contribution < -0.4 is 5.32 Å². The Morgan fingerprint density at radius 3 is 1.93 bits per heavy atom. The van der Waals surface area contributed by atoms with Crippen LogP contribution in [0.25, 0.3) is 33.5 Å². The van der Waals surface area contributed by atoms with Gasteiger partial charge < -0.3 is 29.8 Å². The number of aromatic amines is 2. The molecule has 0 radical (unpaired) electrons. The number of likely N-dealkylation sites (tertiary alicyclic amines) is 2. The summed E-state index contributed by atoms with van der Waals surface area (Å²) in [6, 6.07) is 23.4. The molecule has 4 heterocycles. The maximum absolute atomic E-state index is 14.2. The highest BCUT2D eigenvalue weighted by molar-refractivity contribution is 5.87. The van der Waals surface area contributed by atoms with E-state index < -0.39 is 12.1 Å². The van der Waals surface area contributed by atoms with Crippen LogP contribution in [0.3, 0.4) is 0 Å². The average Bonchev–Trinajstić information content (AvgIpc) is 3.90. The molecule has 4 fully saturated rings. The lowest BCUT2D eigenvalue weighted by Crippen LogP contribution is -2.51. The molecule has 0 unspecified atom stereocenters. The number of hydrogen-bond acceptors (Lipinski definition) is 6. The minimum Gasteiger partial charge on any atom is -0.453 e. The molecule has 2 saturated heterocycles. The van der Waals surface area contributed by atoms with Crippen LogP contribution >= 0.6 is 0 Å². The van der Waals surface area contributed by atoms with E-state index in [1.54, 1.807) is 0 Å². The van der Waals surface area contributed by atoms with Crippen molar-refractivity contribution < 1.29 is 19.1 Å². The quantitative estimate of drug-likeness (QED) is 0.128. The summed E-state index contributed by atoms with van der Waals surface area (Å²) in [4.78, 5) is 61.5. The van der Waals surface area contributed by atoms with Crippen LogP contribution in [0.2, 0.25) is 0 Å². The Hall–Kier alpha value is -5.89. The highest BCUT2D eigenvalue weighted by Gasteiger charge is 2.56. The summed E-state index contributed by atoms with van der Waals surface area (Å²) in [6.45, 7) is 11.6. The van der Waals surface area contributed by atoms with E-state index in [9.17, 15) is 14.4 Å². The third-order valence-corrected chi connectivity index (χ3v) is 13.7. The first-order valence-corrected chi connectivity index (χ1v) is 21.6. The number of imidazole rings is 2. The lowest BCUT2D eigenvalue weighted by Gasteiger charge is -2.30. The second-order valence-electron chi connectivity index (χ2n) is 18.7. The van der Waals surface area contributed by atoms with E-state index in [-0.39, 0.29) is 52.5 Å². The fraction of sp³-hybridized carbons (Fsp3) is 0.449. The van der Waals surface area contributed by atoms with E-state index in [0.717, 1.165) is 88.6 Å². The number of H-pyrrole nitrogens is 2. The van der Waals surface area contributed by atoms with E-state index in [2.05, 4.69) is 70.1 Å². The van der Waals surface area contributed by atoms with Gasteiger partial charge in [-0.1, -0.05) is 88.9 Å². The fourth-order valence-electron chi connectivity index (χ4n) is 9.26. The summed E-state index contributed by atoms with van der Waals surface area (Å²) in [7, 11) is 1.31. The summed E-state index contributed by atoms with van der Waals surface area (Å²) in [6.07, 6.45) is 5.68. The van der Waals surface area contributed by atoms with Crippen molar-refractivity contribution in [1.82, 2.24) is 35.1 Å². The predicted octanol–water partition coefficient (Wildman–Crippen LogP) is 8.80. The second kappa shape index (κ2) is 15.3. The molecule has 9 rings (SSSR count). The highest BCUT2D eigenvalue weighted by atomic mass is 16.5. The van der Waals surface area contributed by atoms with Crippen molar-refractivity contribution in [1.29, 1.82) is 0 Å². The first kappa shape index (κ1) is 39.6. The number of alkyl carbamates (subject to hydrolysis) is 1. The van der Waals surface area contributed by atoms with Crippen molar-refractivity contribution in [2.45, 2.75) is 91.3 Å². The van der Waals surface area contributed by atoms with Crippen molar-refractivity contribution in [3.63, 3.8) is 0 Å². The van der Waals surface area contributed by atoms with Crippen molar-refractivity contribution in [3.05, 3.63) is 95.6 Å². The van der Waals surface area contributed by atoms with Crippen molar-refractivity contribution in [2.24, 2.45) is 28.6 Å². The summed E-state index contributed by atoms with van der Waals surface area (Å²) >= 11 is 0. The minimum absolute atomic E-state index is 0.0264. The molecular weight excluding hydrogens is 751 g/mol. The molecule has 3 aromatic carbocycles. The summed E-state index contributed by atoms with van der Waals surface area (Å²) in [5.41, 5.74) is 7.53. The molecule has 0 bridgehead atoms. The Bertz CT molecular complexity index is 2500. The number of methoxy groups -OCH3 is 1. The molecule has 2 aromatic heterocycles. The van der Waals surface area contributed by atoms with Gasteiger partial charge in [-0.3, -0.25) is 9.59 Å². The topological polar surface area (TPSA) is 136 Å². The first-order valence-electron chi connectivity index (χ1n) is 21.6. The van der Waals surface area contributed by atoms with Crippen LogP contribution in [0.4, 0.5) is 4.79 Å². The standard InChI is InChI=1S/C49H55N7O4/c1-29(2)31(5)45(57)55-27-48(20-21-48)25-38(55)43-50-36-19-16-33(24-37(36)51-43)13-12-32-14-17-35(18-15-32)42-41(34-10-8-7-9-11-34)52-44(53-42)39-26-49(22-23-49)28-56(39)46(58)40(30(3)4)54-47(59)60-6/h7-11,14-19,24,29-31,38-40H,20-23,25-28H2,1-6H3,(H,50,51)(H,52,53)(H,54,59)/t31-,38-,39-,40-/m0/s1. The van der Waals surface area contributed by atoms with Gasteiger partial charge in [-0.25, -0.2) is 14.8 Å². The molecule has 2 spiro atoms. The molecule has 310 valence electrons. The number of nitrogens with zero attached hydrogens (tertiary/aromatic N) is 4. The predicted molar refractivity (Wildman–Crippen MR) is 231 cm³/mol. The second-order valence-corrected chi connectivity index (χ2v) is 18.7. The molecule has 3 amide bonds. The number of amides is 3. The van der Waals surface area contributed by atoms with Crippen LogP contribution in [-0.2, 0) is 14.3 Å². The highest BCUT2D eigenvalue weighted by Crippen LogP contribution is 2.59. The van der Waals surface area contributed by atoms with E-state index in [1.165, 1.54) is 20.0 Å². The van der Waals surface area contributed by atoms with Gasteiger partial charge in [0.1, 0.15) is 17.7 Å². The Balaban J connectivity index is 0.968. The largest absolute Gasteiger partial charge is 0.453 e. The number of fused-ring (bicyclic) bond motifs is 1. The van der Waals surface area contributed by atoms with Gasteiger partial charge in [0.15, 0.2) is 0 Å². The summed E-state index contributed by atoms with van der Waals surface area (Å²) in [5.74, 6) is 8.56.